The summed E-state index contributed by atoms with van der Waals surface area (Å²) >= 11 is 0. The van der Waals surface area contributed by atoms with Gasteiger partial charge in [-0.25, -0.2) is 8.42 Å². The van der Waals surface area contributed by atoms with Crippen LogP contribution in [0.1, 0.15) is 12.5 Å². The fourth-order valence-corrected chi connectivity index (χ4v) is 4.90. The van der Waals surface area contributed by atoms with Gasteiger partial charge in [-0.1, -0.05) is 30.3 Å². The van der Waals surface area contributed by atoms with E-state index >= 15 is 0 Å². The zero-order chi connectivity index (χ0) is 23.6. The molecule has 0 bridgehead atoms. The molecule has 0 saturated carbocycles. The highest BCUT2D eigenvalue weighted by Crippen LogP contribution is 2.33. The number of fused-ring (bicyclic) bond motifs is 1. The number of anilines is 1. The Kier molecular flexibility index (Phi) is 6.31. The molecule has 2 aromatic rings. The van der Waals surface area contributed by atoms with Crippen molar-refractivity contribution in [3.63, 3.8) is 0 Å². The third-order valence-corrected chi connectivity index (χ3v) is 7.11. The molecule has 9 nitrogen and oxygen atoms in total. The predicted octanol–water partition coefficient (Wildman–Crippen LogP) is 1.50. The van der Waals surface area contributed by atoms with Gasteiger partial charge in [0, 0.05) is 24.8 Å². The van der Waals surface area contributed by atoms with Crippen LogP contribution in [0.2, 0.25) is 0 Å². The molecule has 2 aromatic carbocycles. The maximum atomic E-state index is 13.5. The number of piperazine rings is 1. The Morgan fingerprint density at radius 3 is 2.48 bits per heavy atom. The van der Waals surface area contributed by atoms with Crippen LogP contribution >= 0.6 is 0 Å². The van der Waals surface area contributed by atoms with Gasteiger partial charge in [0.2, 0.25) is 15.9 Å². The van der Waals surface area contributed by atoms with Crippen LogP contribution in [0.3, 0.4) is 0 Å². The molecule has 0 aromatic heterocycles. The van der Waals surface area contributed by atoms with Gasteiger partial charge in [0.05, 0.1) is 12.8 Å². The molecule has 1 N–H and O–H groups in total. The standard InChI is InChI=1S/C23H27N3O6S/c1-23(22(28)24-18-8-9-19-20(14-18)32-13-12-31-19)16-25(33(2,29)30)15-21(27)26(23)11-10-17-6-4-3-5-7-17/h3-9,14H,10-13,15-16H2,1-2H3,(H,24,28). The topological polar surface area (TPSA) is 105 Å². The molecule has 1 unspecified atom stereocenters. The molecule has 10 heteroatoms. The van der Waals surface area contributed by atoms with Crippen molar-refractivity contribution in [2.75, 3.05) is 44.4 Å². The molecule has 0 spiro atoms. The van der Waals surface area contributed by atoms with Gasteiger partial charge < -0.3 is 19.7 Å². The second-order valence-corrected chi connectivity index (χ2v) is 10.4. The molecule has 2 heterocycles. The van der Waals surface area contributed by atoms with E-state index in [0.29, 0.717) is 36.8 Å². The lowest BCUT2D eigenvalue weighted by atomic mass is 9.94. The lowest BCUT2D eigenvalue weighted by Gasteiger charge is -2.46. The molecular weight excluding hydrogens is 446 g/mol. The van der Waals surface area contributed by atoms with Gasteiger partial charge in [0.1, 0.15) is 18.8 Å². The number of carbonyl (C=O) groups is 2. The van der Waals surface area contributed by atoms with E-state index in [4.69, 9.17) is 9.47 Å². The second kappa shape index (κ2) is 9.03. The van der Waals surface area contributed by atoms with Crippen LogP contribution < -0.4 is 14.8 Å². The Labute approximate surface area is 193 Å². The molecule has 2 aliphatic heterocycles. The van der Waals surface area contributed by atoms with Crippen molar-refractivity contribution in [1.82, 2.24) is 9.21 Å². The molecule has 33 heavy (non-hydrogen) atoms. The monoisotopic (exact) mass is 473 g/mol. The average molecular weight is 474 g/mol. The van der Waals surface area contributed by atoms with E-state index in [1.807, 2.05) is 30.3 Å². The molecule has 1 fully saturated rings. The number of sulfonamides is 1. The summed E-state index contributed by atoms with van der Waals surface area (Å²) in [5.41, 5.74) is 0.0864. The highest BCUT2D eigenvalue weighted by molar-refractivity contribution is 7.88. The van der Waals surface area contributed by atoms with E-state index in [1.165, 1.54) is 4.90 Å². The van der Waals surface area contributed by atoms with Crippen molar-refractivity contribution in [2.45, 2.75) is 18.9 Å². The number of carbonyl (C=O) groups excluding carboxylic acids is 2. The van der Waals surface area contributed by atoms with Crippen LogP contribution in [0.5, 0.6) is 11.5 Å². The summed E-state index contributed by atoms with van der Waals surface area (Å²) in [5.74, 6) is 0.213. The number of rotatable bonds is 6. The van der Waals surface area contributed by atoms with Crippen molar-refractivity contribution in [2.24, 2.45) is 0 Å². The Morgan fingerprint density at radius 2 is 1.79 bits per heavy atom. The summed E-state index contributed by atoms with van der Waals surface area (Å²) < 4.78 is 36.6. The highest BCUT2D eigenvalue weighted by Gasteiger charge is 2.49. The maximum absolute atomic E-state index is 13.5. The number of hydrogen-bond donors (Lipinski definition) is 1. The number of nitrogens with zero attached hydrogens (tertiary/aromatic N) is 2. The number of benzene rings is 2. The van der Waals surface area contributed by atoms with Crippen molar-refractivity contribution in [3.05, 3.63) is 54.1 Å². The fraction of sp³-hybridized carbons (Fsp3) is 0.391. The maximum Gasteiger partial charge on any atom is 0.251 e. The molecule has 1 saturated heterocycles. The smallest absolute Gasteiger partial charge is 0.251 e. The molecule has 2 amide bonds. The minimum atomic E-state index is -3.67. The van der Waals surface area contributed by atoms with Gasteiger partial charge in [0.15, 0.2) is 11.5 Å². The normalized spacial score (nSPS) is 21.0. The first-order chi connectivity index (χ1) is 15.7. The quantitative estimate of drug-likeness (QED) is 0.682. The number of ether oxygens (including phenoxy) is 2. The first-order valence-electron chi connectivity index (χ1n) is 10.7. The van der Waals surface area contributed by atoms with E-state index in [2.05, 4.69) is 5.32 Å². The SMILES string of the molecule is CC1(C(=O)Nc2ccc3c(c2)OCCO3)CN(S(C)(=O)=O)CC(=O)N1CCc1ccccc1. The van der Waals surface area contributed by atoms with Crippen molar-refractivity contribution in [3.8, 4) is 11.5 Å². The minimum absolute atomic E-state index is 0.136. The third-order valence-electron chi connectivity index (χ3n) is 5.92. The number of hydrogen-bond acceptors (Lipinski definition) is 6. The van der Waals surface area contributed by atoms with Crippen LogP contribution in [0.4, 0.5) is 5.69 Å². The summed E-state index contributed by atoms with van der Waals surface area (Å²) in [5, 5.41) is 2.83. The van der Waals surface area contributed by atoms with Crippen molar-refractivity contribution in [1.29, 1.82) is 0 Å². The van der Waals surface area contributed by atoms with Gasteiger partial charge in [-0.2, -0.15) is 4.31 Å². The zero-order valence-corrected chi connectivity index (χ0v) is 19.4. The number of nitrogens with one attached hydrogen (secondary N) is 1. The van der Waals surface area contributed by atoms with Gasteiger partial charge in [-0.3, -0.25) is 9.59 Å². The lowest BCUT2D eigenvalue weighted by molar-refractivity contribution is -0.150. The van der Waals surface area contributed by atoms with Crippen molar-refractivity contribution >= 4 is 27.5 Å². The van der Waals surface area contributed by atoms with Crippen LogP contribution in [0, 0.1) is 0 Å². The van der Waals surface area contributed by atoms with Gasteiger partial charge in [-0.05, 0) is 31.0 Å². The molecule has 0 aliphatic carbocycles. The van der Waals surface area contributed by atoms with E-state index in [1.54, 1.807) is 25.1 Å². The summed E-state index contributed by atoms with van der Waals surface area (Å²) in [6.07, 6.45) is 1.58. The van der Waals surface area contributed by atoms with E-state index in [-0.39, 0.29) is 19.6 Å². The van der Waals surface area contributed by atoms with Crippen LogP contribution in [0.15, 0.2) is 48.5 Å². The third kappa shape index (κ3) is 4.96. The largest absolute Gasteiger partial charge is 0.486 e. The highest BCUT2D eigenvalue weighted by atomic mass is 32.2. The van der Waals surface area contributed by atoms with Crippen molar-refractivity contribution < 1.29 is 27.5 Å². The van der Waals surface area contributed by atoms with Crippen LogP contribution in [-0.2, 0) is 26.0 Å². The van der Waals surface area contributed by atoms with Gasteiger partial charge in [-0.15, -0.1) is 0 Å². The minimum Gasteiger partial charge on any atom is -0.486 e. The Bertz CT molecular complexity index is 1150. The Balaban J connectivity index is 1.60. The van der Waals surface area contributed by atoms with Crippen LogP contribution in [-0.4, -0.2) is 74.1 Å². The Morgan fingerprint density at radius 1 is 1.09 bits per heavy atom. The molecule has 1 atom stereocenters. The van der Waals surface area contributed by atoms with E-state index < -0.39 is 27.4 Å². The zero-order valence-electron chi connectivity index (χ0n) is 18.6. The molecular formula is C23H27N3O6S. The summed E-state index contributed by atoms with van der Waals surface area (Å²) in [7, 11) is -3.67. The molecule has 0 radical (unpaired) electrons. The second-order valence-electron chi connectivity index (χ2n) is 8.40. The number of amides is 2. The summed E-state index contributed by atoms with van der Waals surface area (Å²) in [4.78, 5) is 28.0. The molecule has 4 rings (SSSR count). The lowest BCUT2D eigenvalue weighted by Crippen LogP contribution is -2.69. The fourth-order valence-electron chi connectivity index (χ4n) is 4.07. The van der Waals surface area contributed by atoms with E-state index in [9.17, 15) is 18.0 Å². The summed E-state index contributed by atoms with van der Waals surface area (Å²) in [6.45, 7) is 2.32. The first-order valence-corrected chi connectivity index (χ1v) is 12.5. The average Bonchev–Trinajstić information content (AvgIpc) is 2.78. The van der Waals surface area contributed by atoms with E-state index in [0.717, 1.165) is 16.1 Å². The van der Waals surface area contributed by atoms with Gasteiger partial charge in [0.25, 0.3) is 5.91 Å². The van der Waals surface area contributed by atoms with Crippen LogP contribution in [0.25, 0.3) is 0 Å². The summed E-state index contributed by atoms with van der Waals surface area (Å²) in [6, 6.07) is 14.7. The molecule has 2 aliphatic rings. The van der Waals surface area contributed by atoms with Gasteiger partial charge >= 0.3 is 0 Å². The Hall–Kier alpha value is -3.11. The predicted molar refractivity (Wildman–Crippen MR) is 123 cm³/mol. The molecule has 176 valence electrons. The first kappa shape index (κ1) is 23.1.